The van der Waals surface area contributed by atoms with E-state index >= 15 is 0 Å². The number of hydrogen-bond donors (Lipinski definition) is 0. The average molecular weight is 327 g/mol. The molecule has 0 saturated carbocycles. The van der Waals surface area contributed by atoms with Gasteiger partial charge in [-0.3, -0.25) is 9.88 Å². The van der Waals surface area contributed by atoms with E-state index in [1.807, 2.05) is 51.7 Å². The second kappa shape index (κ2) is 7.68. The highest BCUT2D eigenvalue weighted by atomic mass is 16.5. The van der Waals surface area contributed by atoms with Crippen LogP contribution in [0.3, 0.4) is 0 Å². The van der Waals surface area contributed by atoms with Crippen molar-refractivity contribution in [2.75, 3.05) is 27.2 Å². The molecule has 0 radical (unpaired) electrons. The van der Waals surface area contributed by atoms with Gasteiger partial charge in [0.1, 0.15) is 17.7 Å². The van der Waals surface area contributed by atoms with Crippen molar-refractivity contribution in [1.82, 2.24) is 24.8 Å². The van der Waals surface area contributed by atoms with Gasteiger partial charge in [0, 0.05) is 56.4 Å². The Morgan fingerprint density at radius 3 is 2.79 bits per heavy atom. The van der Waals surface area contributed by atoms with Gasteiger partial charge in [-0.2, -0.15) is 0 Å². The molecule has 2 aromatic rings. The highest BCUT2D eigenvalue weighted by Crippen LogP contribution is 2.20. The van der Waals surface area contributed by atoms with Crippen LogP contribution in [0.5, 0.6) is 5.75 Å². The van der Waals surface area contributed by atoms with Crippen LogP contribution in [0.1, 0.15) is 23.5 Å². The Kier molecular flexibility index (Phi) is 5.37. The zero-order chi connectivity index (χ0) is 16.9. The third-order valence-corrected chi connectivity index (χ3v) is 4.04. The van der Waals surface area contributed by atoms with Gasteiger partial charge in [-0.15, -0.1) is 0 Å². The maximum atomic E-state index is 6.15. The Bertz CT molecular complexity index is 659. The molecule has 0 aromatic carbocycles. The lowest BCUT2D eigenvalue weighted by Crippen LogP contribution is -2.24. The van der Waals surface area contributed by atoms with Gasteiger partial charge in [-0.25, -0.2) is 9.97 Å². The first-order valence-electron chi connectivity index (χ1n) is 8.34. The van der Waals surface area contributed by atoms with Crippen LogP contribution >= 0.6 is 0 Å². The van der Waals surface area contributed by atoms with E-state index in [9.17, 15) is 0 Å². The summed E-state index contributed by atoms with van der Waals surface area (Å²) in [6.07, 6.45) is 6.91. The van der Waals surface area contributed by atoms with E-state index in [1.165, 1.54) is 0 Å². The van der Waals surface area contributed by atoms with Gasteiger partial charge in [-0.05, 0) is 33.5 Å². The van der Waals surface area contributed by atoms with Crippen LogP contribution < -0.4 is 4.74 Å². The van der Waals surface area contributed by atoms with Crippen molar-refractivity contribution in [3.8, 4) is 5.75 Å². The minimum atomic E-state index is 0.228. The maximum Gasteiger partial charge on any atom is 0.125 e. The molecule has 6 heteroatoms. The number of aryl methyl sites for hydroxylation is 1. The van der Waals surface area contributed by atoms with Gasteiger partial charge in [0.15, 0.2) is 0 Å². The van der Waals surface area contributed by atoms with Crippen molar-refractivity contribution >= 4 is 0 Å². The summed E-state index contributed by atoms with van der Waals surface area (Å²) in [5.74, 6) is 1.72. The smallest absolute Gasteiger partial charge is 0.125 e. The zero-order valence-electron chi connectivity index (χ0n) is 14.6. The second-order valence-electron chi connectivity index (χ2n) is 6.62. The molecule has 128 valence electrons. The van der Waals surface area contributed by atoms with Crippen LogP contribution in [0.2, 0.25) is 0 Å². The van der Waals surface area contributed by atoms with Gasteiger partial charge in [0.2, 0.25) is 0 Å². The average Bonchev–Trinajstić information content (AvgIpc) is 2.96. The SMILES string of the molecule is Cc1ncc(CN2CCC(Oc3ccnc(CN(C)C)c3)C2)cn1. The van der Waals surface area contributed by atoms with E-state index in [-0.39, 0.29) is 6.10 Å². The molecule has 1 aliphatic heterocycles. The molecule has 0 aliphatic carbocycles. The number of nitrogens with zero attached hydrogens (tertiary/aromatic N) is 5. The quantitative estimate of drug-likeness (QED) is 0.808. The number of aromatic nitrogens is 3. The molecule has 0 bridgehead atoms. The molecule has 2 aromatic heterocycles. The highest BCUT2D eigenvalue weighted by Gasteiger charge is 2.24. The normalized spacial score (nSPS) is 18.2. The summed E-state index contributed by atoms with van der Waals surface area (Å²) >= 11 is 0. The maximum absolute atomic E-state index is 6.15. The van der Waals surface area contributed by atoms with Crippen LogP contribution in [0.15, 0.2) is 30.7 Å². The number of hydrogen-bond acceptors (Lipinski definition) is 6. The summed E-state index contributed by atoms with van der Waals surface area (Å²) in [5.41, 5.74) is 2.18. The molecule has 3 rings (SSSR count). The van der Waals surface area contributed by atoms with Crippen LogP contribution in [-0.2, 0) is 13.1 Å². The predicted octanol–water partition coefficient (Wildman–Crippen LogP) is 1.89. The molecule has 1 fully saturated rings. The molecule has 0 spiro atoms. The van der Waals surface area contributed by atoms with E-state index < -0.39 is 0 Å². The van der Waals surface area contributed by atoms with Crippen molar-refractivity contribution in [3.63, 3.8) is 0 Å². The minimum absolute atomic E-state index is 0.228. The Hall–Kier alpha value is -2.05. The monoisotopic (exact) mass is 327 g/mol. The molecular weight excluding hydrogens is 302 g/mol. The number of pyridine rings is 1. The molecule has 24 heavy (non-hydrogen) atoms. The summed E-state index contributed by atoms with van der Waals surface area (Å²) in [7, 11) is 4.08. The molecule has 1 aliphatic rings. The first-order valence-corrected chi connectivity index (χ1v) is 8.34. The minimum Gasteiger partial charge on any atom is -0.489 e. The van der Waals surface area contributed by atoms with E-state index in [2.05, 4.69) is 24.8 Å². The lowest BCUT2D eigenvalue weighted by molar-refractivity contribution is 0.197. The van der Waals surface area contributed by atoms with E-state index in [0.29, 0.717) is 0 Å². The largest absolute Gasteiger partial charge is 0.489 e. The highest BCUT2D eigenvalue weighted by molar-refractivity contribution is 5.23. The summed E-state index contributed by atoms with van der Waals surface area (Å²) in [6, 6.07) is 3.98. The van der Waals surface area contributed by atoms with Gasteiger partial charge in [-0.1, -0.05) is 0 Å². The van der Waals surface area contributed by atoms with Gasteiger partial charge in [0.05, 0.1) is 5.69 Å². The van der Waals surface area contributed by atoms with Gasteiger partial charge >= 0.3 is 0 Å². The second-order valence-corrected chi connectivity index (χ2v) is 6.62. The summed E-state index contributed by atoms with van der Waals surface area (Å²) in [5, 5.41) is 0. The van der Waals surface area contributed by atoms with Crippen LogP contribution in [-0.4, -0.2) is 58.0 Å². The standard InChI is InChI=1S/C18H25N5O/c1-14-20-9-15(10-21-14)11-23-7-5-18(13-23)24-17-4-6-19-16(8-17)12-22(2)3/h4,6,8-10,18H,5,7,11-13H2,1-3H3. The zero-order valence-corrected chi connectivity index (χ0v) is 14.6. The van der Waals surface area contributed by atoms with E-state index in [1.54, 1.807) is 0 Å². The third-order valence-electron chi connectivity index (χ3n) is 4.04. The molecule has 1 atom stereocenters. The Balaban J connectivity index is 1.53. The number of rotatable bonds is 6. The number of likely N-dealkylation sites (tertiary alicyclic amines) is 1. The first-order chi connectivity index (χ1) is 11.6. The van der Waals surface area contributed by atoms with Crippen molar-refractivity contribution in [1.29, 1.82) is 0 Å². The fraction of sp³-hybridized carbons (Fsp3) is 0.500. The van der Waals surface area contributed by atoms with Crippen molar-refractivity contribution in [2.45, 2.75) is 32.5 Å². The lowest BCUT2D eigenvalue weighted by Gasteiger charge is -2.17. The molecule has 0 amide bonds. The summed E-state index contributed by atoms with van der Waals surface area (Å²) in [4.78, 5) is 17.4. The number of ether oxygens (including phenoxy) is 1. The van der Waals surface area contributed by atoms with Crippen molar-refractivity contribution < 1.29 is 4.74 Å². The Morgan fingerprint density at radius 2 is 2.04 bits per heavy atom. The summed E-state index contributed by atoms with van der Waals surface area (Å²) in [6.45, 7) is 5.57. The van der Waals surface area contributed by atoms with Crippen LogP contribution in [0.25, 0.3) is 0 Å². The molecule has 0 N–H and O–H groups in total. The third kappa shape index (κ3) is 4.72. The Labute approximate surface area is 143 Å². The fourth-order valence-corrected chi connectivity index (χ4v) is 2.93. The van der Waals surface area contributed by atoms with Crippen molar-refractivity contribution in [3.05, 3.63) is 47.8 Å². The van der Waals surface area contributed by atoms with Crippen LogP contribution in [0, 0.1) is 6.92 Å². The topological polar surface area (TPSA) is 54.4 Å². The predicted molar refractivity (Wildman–Crippen MR) is 92.7 cm³/mol. The van der Waals surface area contributed by atoms with E-state index in [4.69, 9.17) is 4.74 Å². The molecule has 1 unspecified atom stereocenters. The first kappa shape index (κ1) is 16.8. The molecule has 1 saturated heterocycles. The van der Waals surface area contributed by atoms with Gasteiger partial charge < -0.3 is 9.64 Å². The van der Waals surface area contributed by atoms with Gasteiger partial charge in [0.25, 0.3) is 0 Å². The van der Waals surface area contributed by atoms with Crippen molar-refractivity contribution in [2.24, 2.45) is 0 Å². The molecular formula is C18H25N5O. The Morgan fingerprint density at radius 1 is 1.25 bits per heavy atom. The fourth-order valence-electron chi connectivity index (χ4n) is 2.93. The summed E-state index contributed by atoms with van der Waals surface area (Å²) < 4.78 is 6.15. The van der Waals surface area contributed by atoms with E-state index in [0.717, 1.165) is 55.4 Å². The van der Waals surface area contributed by atoms with Crippen LogP contribution in [0.4, 0.5) is 0 Å². The molecule has 6 nitrogen and oxygen atoms in total. The lowest BCUT2D eigenvalue weighted by atomic mass is 10.3. The molecule has 3 heterocycles.